The Morgan fingerprint density at radius 1 is 1.05 bits per heavy atom. The summed E-state index contributed by atoms with van der Waals surface area (Å²) < 4.78 is 7.16. The fraction of sp³-hybridized carbons (Fsp3) is 0.375. The molecule has 0 aromatic heterocycles. The third-order valence-corrected chi connectivity index (χ3v) is 4.23. The van der Waals surface area contributed by atoms with Crippen LogP contribution < -0.4 is 4.74 Å². The van der Waals surface area contributed by atoms with Gasteiger partial charge in [0.25, 0.3) is 0 Å². The lowest BCUT2D eigenvalue weighted by atomic mass is 10.1. The Bertz CT molecular complexity index is 578. The van der Waals surface area contributed by atoms with Crippen LogP contribution in [0.5, 0.6) is 5.75 Å². The van der Waals surface area contributed by atoms with Gasteiger partial charge in [0.2, 0.25) is 0 Å². The van der Waals surface area contributed by atoms with Crippen LogP contribution in [0.15, 0.2) is 40.9 Å². The number of benzene rings is 2. The Morgan fingerprint density at radius 3 is 2.53 bits per heavy atom. The highest BCUT2D eigenvalue weighted by Gasteiger charge is 2.19. The first-order valence-electron chi connectivity index (χ1n) is 6.82. The number of rotatable bonds is 3. The fourth-order valence-corrected chi connectivity index (χ4v) is 3.02. The molecule has 19 heavy (non-hydrogen) atoms. The second-order valence-electron chi connectivity index (χ2n) is 5.11. The quantitative estimate of drug-likeness (QED) is 0.830. The second-order valence-corrected chi connectivity index (χ2v) is 6.03. The van der Waals surface area contributed by atoms with Crippen LogP contribution in [0.3, 0.4) is 0 Å². The average Bonchev–Trinajstić information content (AvgIpc) is 2.93. The molecule has 2 aromatic carbocycles. The Kier molecular flexibility index (Phi) is 3.76. The van der Waals surface area contributed by atoms with Gasteiger partial charge in [0.05, 0.1) is 0 Å². The number of hydrogen-bond acceptors (Lipinski definition) is 2. The lowest BCUT2D eigenvalue weighted by Crippen LogP contribution is -2.34. The summed E-state index contributed by atoms with van der Waals surface area (Å²) in [5.41, 5.74) is 0. The summed E-state index contributed by atoms with van der Waals surface area (Å²) in [6, 6.07) is 12.6. The molecule has 100 valence electrons. The Balaban J connectivity index is 1.79. The molecule has 0 aliphatic carbocycles. The molecule has 1 fully saturated rings. The molecule has 0 bridgehead atoms. The van der Waals surface area contributed by atoms with Gasteiger partial charge in [-0.3, -0.25) is 4.90 Å². The minimum Gasteiger partial charge on any atom is -0.475 e. The first-order chi connectivity index (χ1) is 9.22. The van der Waals surface area contributed by atoms with Crippen LogP contribution >= 0.6 is 15.9 Å². The average molecular weight is 320 g/mol. The van der Waals surface area contributed by atoms with Gasteiger partial charge < -0.3 is 4.74 Å². The molecule has 1 atom stereocenters. The molecule has 2 nitrogen and oxygen atoms in total. The van der Waals surface area contributed by atoms with E-state index in [2.05, 4.69) is 64.2 Å². The van der Waals surface area contributed by atoms with Crippen molar-refractivity contribution in [2.24, 2.45) is 0 Å². The van der Waals surface area contributed by atoms with E-state index < -0.39 is 0 Å². The predicted octanol–water partition coefficient (Wildman–Crippen LogP) is 4.42. The summed E-state index contributed by atoms with van der Waals surface area (Å²) in [4.78, 5) is 2.39. The summed E-state index contributed by atoms with van der Waals surface area (Å²) in [5, 5.41) is 2.45. The second kappa shape index (κ2) is 5.51. The van der Waals surface area contributed by atoms with Crippen molar-refractivity contribution in [3.05, 3.63) is 40.9 Å². The van der Waals surface area contributed by atoms with Crippen LogP contribution in [0, 0.1) is 0 Å². The normalized spacial score (nSPS) is 17.8. The summed E-state index contributed by atoms with van der Waals surface area (Å²) in [7, 11) is 0. The molecular formula is C16H18BrNO. The minimum atomic E-state index is 0.162. The van der Waals surface area contributed by atoms with Gasteiger partial charge in [-0.15, -0.1) is 0 Å². The molecular weight excluding hydrogens is 302 g/mol. The van der Waals surface area contributed by atoms with Crippen molar-refractivity contribution in [2.45, 2.75) is 26.0 Å². The van der Waals surface area contributed by atoms with Gasteiger partial charge in [0.15, 0.2) is 0 Å². The molecule has 3 heteroatoms. The summed E-state index contributed by atoms with van der Waals surface area (Å²) >= 11 is 3.50. The molecule has 3 rings (SSSR count). The number of ether oxygens (including phenoxy) is 1. The monoisotopic (exact) mass is 319 g/mol. The zero-order valence-corrected chi connectivity index (χ0v) is 12.7. The smallest absolute Gasteiger partial charge is 0.149 e. The van der Waals surface area contributed by atoms with Crippen LogP contribution in [-0.2, 0) is 0 Å². The van der Waals surface area contributed by atoms with Crippen molar-refractivity contribution in [3.8, 4) is 5.75 Å². The van der Waals surface area contributed by atoms with Crippen molar-refractivity contribution in [1.29, 1.82) is 0 Å². The summed E-state index contributed by atoms with van der Waals surface area (Å²) in [6.45, 7) is 4.44. The van der Waals surface area contributed by atoms with Crippen molar-refractivity contribution in [1.82, 2.24) is 4.90 Å². The zero-order chi connectivity index (χ0) is 13.2. The van der Waals surface area contributed by atoms with Crippen LogP contribution in [0.1, 0.15) is 19.8 Å². The van der Waals surface area contributed by atoms with Gasteiger partial charge in [-0.25, -0.2) is 0 Å². The van der Waals surface area contributed by atoms with Gasteiger partial charge in [-0.1, -0.05) is 28.1 Å². The van der Waals surface area contributed by atoms with E-state index in [0.29, 0.717) is 0 Å². The lowest BCUT2D eigenvalue weighted by molar-refractivity contribution is 0.0593. The molecule has 0 radical (unpaired) electrons. The van der Waals surface area contributed by atoms with Gasteiger partial charge in [0.1, 0.15) is 12.0 Å². The Labute approximate surface area is 122 Å². The van der Waals surface area contributed by atoms with Crippen LogP contribution in [-0.4, -0.2) is 24.2 Å². The molecule has 0 amide bonds. The van der Waals surface area contributed by atoms with E-state index in [9.17, 15) is 0 Å². The highest BCUT2D eigenvalue weighted by Crippen LogP contribution is 2.25. The molecule has 0 N–H and O–H groups in total. The van der Waals surface area contributed by atoms with Crippen molar-refractivity contribution in [3.63, 3.8) is 0 Å². The SMILES string of the molecule is CC(Oc1ccc2cc(Br)ccc2c1)N1CCCC1. The van der Waals surface area contributed by atoms with Crippen molar-refractivity contribution < 1.29 is 4.74 Å². The summed E-state index contributed by atoms with van der Waals surface area (Å²) in [5.74, 6) is 0.953. The number of likely N-dealkylation sites (tertiary alicyclic amines) is 1. The number of halogens is 1. The van der Waals surface area contributed by atoms with E-state index in [1.54, 1.807) is 0 Å². The first-order valence-corrected chi connectivity index (χ1v) is 7.62. The molecule has 0 spiro atoms. The third-order valence-electron chi connectivity index (χ3n) is 3.74. The van der Waals surface area contributed by atoms with Crippen LogP contribution in [0.25, 0.3) is 10.8 Å². The van der Waals surface area contributed by atoms with Gasteiger partial charge in [0, 0.05) is 17.6 Å². The number of fused-ring (bicyclic) bond motifs is 1. The third kappa shape index (κ3) is 2.93. The molecule has 1 saturated heterocycles. The maximum absolute atomic E-state index is 6.05. The highest BCUT2D eigenvalue weighted by molar-refractivity contribution is 9.10. The van der Waals surface area contributed by atoms with Gasteiger partial charge in [-0.2, -0.15) is 0 Å². The fourth-order valence-electron chi connectivity index (χ4n) is 2.64. The standard InChI is InChI=1S/C16H18BrNO/c1-12(18-8-2-3-9-18)19-16-7-5-13-10-15(17)6-4-14(13)11-16/h4-7,10-12H,2-3,8-9H2,1H3. The first kappa shape index (κ1) is 12.9. The van der Waals surface area contributed by atoms with Crippen LogP contribution in [0.2, 0.25) is 0 Å². The Morgan fingerprint density at radius 2 is 1.74 bits per heavy atom. The van der Waals surface area contributed by atoms with E-state index in [1.165, 1.54) is 23.6 Å². The molecule has 1 aliphatic rings. The molecule has 1 unspecified atom stereocenters. The molecule has 1 heterocycles. The van der Waals surface area contributed by atoms with E-state index in [4.69, 9.17) is 4.74 Å². The maximum Gasteiger partial charge on any atom is 0.149 e. The molecule has 0 saturated carbocycles. The number of hydrogen-bond donors (Lipinski definition) is 0. The van der Waals surface area contributed by atoms with Crippen molar-refractivity contribution >= 4 is 26.7 Å². The zero-order valence-electron chi connectivity index (χ0n) is 11.1. The lowest BCUT2D eigenvalue weighted by Gasteiger charge is -2.24. The number of nitrogens with zero attached hydrogens (tertiary/aromatic N) is 1. The van der Waals surface area contributed by atoms with Gasteiger partial charge in [-0.05, 0) is 54.8 Å². The highest BCUT2D eigenvalue weighted by atomic mass is 79.9. The minimum absolute atomic E-state index is 0.162. The Hall–Kier alpha value is -1.06. The van der Waals surface area contributed by atoms with E-state index in [1.807, 2.05) is 0 Å². The van der Waals surface area contributed by atoms with Crippen LogP contribution in [0.4, 0.5) is 0 Å². The van der Waals surface area contributed by atoms with E-state index >= 15 is 0 Å². The maximum atomic E-state index is 6.05. The topological polar surface area (TPSA) is 12.5 Å². The largest absolute Gasteiger partial charge is 0.475 e. The predicted molar refractivity (Wildman–Crippen MR) is 82.5 cm³/mol. The van der Waals surface area contributed by atoms with Gasteiger partial charge >= 0.3 is 0 Å². The van der Waals surface area contributed by atoms with E-state index in [-0.39, 0.29) is 6.23 Å². The molecule has 1 aliphatic heterocycles. The summed E-state index contributed by atoms with van der Waals surface area (Å²) in [6.07, 6.45) is 2.74. The van der Waals surface area contributed by atoms with Crippen molar-refractivity contribution in [2.75, 3.05) is 13.1 Å². The van der Waals surface area contributed by atoms with E-state index in [0.717, 1.165) is 23.3 Å². The molecule has 2 aromatic rings.